The number of anilines is 2. The Hall–Kier alpha value is -3.91. The lowest BCUT2D eigenvalue weighted by Gasteiger charge is -2.39. The van der Waals surface area contributed by atoms with Crippen LogP contribution in [0.25, 0.3) is 11.1 Å². The van der Waals surface area contributed by atoms with Gasteiger partial charge in [0.25, 0.3) is 0 Å². The Kier molecular flexibility index (Phi) is 7.79. The normalized spacial score (nSPS) is 19.5. The summed E-state index contributed by atoms with van der Waals surface area (Å²) in [6.07, 6.45) is -4.57. The van der Waals surface area contributed by atoms with Gasteiger partial charge in [0.1, 0.15) is 11.9 Å². The van der Waals surface area contributed by atoms with Gasteiger partial charge in [-0.2, -0.15) is 23.1 Å². The minimum atomic E-state index is -4.90. The number of hydrogen-bond donors (Lipinski definition) is 3. The number of piperidine rings is 1. The van der Waals surface area contributed by atoms with Crippen molar-refractivity contribution in [3.05, 3.63) is 60.2 Å². The fraction of sp³-hybridized carbons (Fsp3) is 0.393. The molecule has 0 bridgehead atoms. The summed E-state index contributed by atoms with van der Waals surface area (Å²) >= 11 is 0. The number of hydrogen-bond acceptors (Lipinski definition) is 9. The number of carboxylic acids is 1. The lowest BCUT2D eigenvalue weighted by Crippen LogP contribution is -2.41. The molecule has 0 saturated carbocycles. The van der Waals surface area contributed by atoms with Crippen molar-refractivity contribution in [2.24, 2.45) is 5.41 Å². The lowest BCUT2D eigenvalue weighted by atomic mass is 9.76. The van der Waals surface area contributed by atoms with Gasteiger partial charge in [-0.25, -0.2) is 8.42 Å². The van der Waals surface area contributed by atoms with Gasteiger partial charge in [0.2, 0.25) is 17.9 Å². The van der Waals surface area contributed by atoms with Crippen LogP contribution < -0.4 is 20.7 Å². The second-order valence-electron chi connectivity index (χ2n) is 10.8. The number of rotatable bonds is 7. The predicted molar refractivity (Wildman–Crippen MR) is 149 cm³/mol. The molecule has 14 heteroatoms. The molecule has 4 N–H and O–H groups in total. The minimum absolute atomic E-state index is 0.0502. The van der Waals surface area contributed by atoms with E-state index in [2.05, 4.69) is 15.3 Å². The highest BCUT2D eigenvalue weighted by Crippen LogP contribution is 2.43. The van der Waals surface area contributed by atoms with Gasteiger partial charge in [-0.3, -0.25) is 4.79 Å². The van der Waals surface area contributed by atoms with Gasteiger partial charge in [0.05, 0.1) is 4.90 Å². The summed E-state index contributed by atoms with van der Waals surface area (Å²) in [6, 6.07) is 12.3. The van der Waals surface area contributed by atoms with E-state index in [9.17, 15) is 31.5 Å². The van der Waals surface area contributed by atoms with Crippen molar-refractivity contribution in [2.75, 3.05) is 36.5 Å². The second kappa shape index (κ2) is 11.1. The Morgan fingerprint density at radius 2 is 1.83 bits per heavy atom. The third kappa shape index (κ3) is 6.28. The largest absolute Gasteiger partial charge is 0.480 e. The SMILES string of the molecule is CS(=O)(=O)c1ccc([C@@H](Oc2cc(N3CCC4(CC3)CNC(C(=O)O)C4)nc(N)n2)C(F)(F)F)c(-c2ccccc2)c1. The minimum Gasteiger partial charge on any atom is -0.480 e. The van der Waals surface area contributed by atoms with Gasteiger partial charge in [0.15, 0.2) is 9.84 Å². The Labute approximate surface area is 240 Å². The molecule has 42 heavy (non-hydrogen) atoms. The number of aromatic nitrogens is 2. The number of nitrogens with two attached hydrogens (primary N) is 1. The Balaban J connectivity index is 1.44. The van der Waals surface area contributed by atoms with Crippen LogP contribution in [0.2, 0.25) is 0 Å². The van der Waals surface area contributed by atoms with Crippen LogP contribution in [-0.2, 0) is 14.6 Å². The van der Waals surface area contributed by atoms with Gasteiger partial charge in [0, 0.05) is 37.5 Å². The summed E-state index contributed by atoms with van der Waals surface area (Å²) in [4.78, 5) is 21.3. The van der Waals surface area contributed by atoms with Crippen molar-refractivity contribution in [1.29, 1.82) is 0 Å². The molecule has 2 aromatic carbocycles. The summed E-state index contributed by atoms with van der Waals surface area (Å²) in [5, 5.41) is 12.4. The van der Waals surface area contributed by atoms with Gasteiger partial charge in [-0.15, -0.1) is 0 Å². The van der Waals surface area contributed by atoms with E-state index in [0.717, 1.165) is 18.4 Å². The van der Waals surface area contributed by atoms with Crippen molar-refractivity contribution in [1.82, 2.24) is 15.3 Å². The van der Waals surface area contributed by atoms with Gasteiger partial charge in [-0.05, 0) is 47.9 Å². The molecule has 0 aliphatic carbocycles. The van der Waals surface area contributed by atoms with Gasteiger partial charge >= 0.3 is 12.1 Å². The molecule has 3 heterocycles. The molecule has 224 valence electrons. The molecule has 2 aliphatic rings. The smallest absolute Gasteiger partial charge is 0.429 e. The van der Waals surface area contributed by atoms with E-state index in [1.165, 1.54) is 12.1 Å². The van der Waals surface area contributed by atoms with Crippen LogP contribution in [0, 0.1) is 5.41 Å². The highest BCUT2D eigenvalue weighted by Gasteiger charge is 2.46. The number of benzene rings is 2. The fourth-order valence-corrected chi connectivity index (χ4v) is 6.27. The maximum atomic E-state index is 14.6. The van der Waals surface area contributed by atoms with Gasteiger partial charge in [-0.1, -0.05) is 36.4 Å². The molecule has 0 radical (unpaired) electrons. The number of carbonyl (C=O) groups is 1. The molecule has 2 saturated heterocycles. The first-order chi connectivity index (χ1) is 19.7. The van der Waals surface area contributed by atoms with E-state index in [4.69, 9.17) is 10.5 Å². The Bertz CT molecular complexity index is 1580. The van der Waals surface area contributed by atoms with Crippen molar-refractivity contribution < 1.29 is 36.2 Å². The first-order valence-corrected chi connectivity index (χ1v) is 15.1. The third-order valence-electron chi connectivity index (χ3n) is 7.87. The van der Waals surface area contributed by atoms with Crippen LogP contribution in [-0.4, -0.2) is 67.6 Å². The summed E-state index contributed by atoms with van der Waals surface area (Å²) in [5.41, 5.74) is 5.86. The van der Waals surface area contributed by atoms with Crippen molar-refractivity contribution in [2.45, 2.75) is 42.5 Å². The summed E-state index contributed by atoms with van der Waals surface area (Å²) in [5.74, 6) is -1.25. The molecule has 1 spiro atoms. The summed E-state index contributed by atoms with van der Waals surface area (Å²) in [7, 11) is -3.71. The number of aliphatic carboxylic acids is 1. The van der Waals surface area contributed by atoms with Crippen molar-refractivity contribution >= 4 is 27.6 Å². The molecule has 2 fully saturated rings. The van der Waals surface area contributed by atoms with Crippen molar-refractivity contribution in [3.63, 3.8) is 0 Å². The maximum Gasteiger partial charge on any atom is 0.429 e. The van der Waals surface area contributed by atoms with E-state index >= 15 is 0 Å². The topological polar surface area (TPSA) is 148 Å². The average Bonchev–Trinajstić information content (AvgIpc) is 3.35. The number of nitrogens with one attached hydrogen (secondary N) is 1. The van der Waals surface area contributed by atoms with Gasteiger partial charge < -0.3 is 25.8 Å². The van der Waals surface area contributed by atoms with Crippen LogP contribution in [0.5, 0.6) is 5.88 Å². The summed E-state index contributed by atoms with van der Waals surface area (Å²) < 4.78 is 73.6. The summed E-state index contributed by atoms with van der Waals surface area (Å²) in [6.45, 7) is 1.57. The zero-order chi connectivity index (χ0) is 30.3. The number of halogens is 3. The van der Waals surface area contributed by atoms with E-state index in [1.54, 1.807) is 30.3 Å². The number of nitrogen functional groups attached to an aromatic ring is 1. The van der Waals surface area contributed by atoms with E-state index < -0.39 is 34.1 Å². The molecule has 2 aliphatic heterocycles. The number of ether oxygens (including phenoxy) is 1. The van der Waals surface area contributed by atoms with Crippen LogP contribution >= 0.6 is 0 Å². The first kappa shape index (κ1) is 29.6. The highest BCUT2D eigenvalue weighted by atomic mass is 32.2. The average molecular weight is 606 g/mol. The molecule has 2 atom stereocenters. The number of alkyl halides is 3. The highest BCUT2D eigenvalue weighted by molar-refractivity contribution is 7.90. The molecule has 1 unspecified atom stereocenters. The molecule has 0 amide bonds. The lowest BCUT2D eigenvalue weighted by molar-refractivity contribution is -0.198. The molecule has 10 nitrogen and oxygen atoms in total. The number of carboxylic acid groups (broad SMARTS) is 1. The van der Waals surface area contributed by atoms with E-state index in [0.29, 0.717) is 50.3 Å². The zero-order valence-electron chi connectivity index (χ0n) is 22.6. The Morgan fingerprint density at radius 1 is 1.14 bits per heavy atom. The molecule has 5 rings (SSSR count). The van der Waals surface area contributed by atoms with E-state index in [-0.39, 0.29) is 33.3 Å². The predicted octanol–water partition coefficient (Wildman–Crippen LogP) is 3.84. The second-order valence-corrected chi connectivity index (χ2v) is 12.8. The zero-order valence-corrected chi connectivity index (χ0v) is 23.5. The fourth-order valence-electron chi connectivity index (χ4n) is 5.63. The van der Waals surface area contributed by atoms with Crippen LogP contribution in [0.15, 0.2) is 59.5 Å². The Morgan fingerprint density at radius 3 is 2.43 bits per heavy atom. The molecule has 3 aromatic rings. The molecule has 1 aromatic heterocycles. The quantitative estimate of drug-likeness (QED) is 0.363. The maximum absolute atomic E-state index is 14.6. The van der Waals surface area contributed by atoms with E-state index in [1.807, 2.05) is 4.90 Å². The van der Waals surface area contributed by atoms with Crippen LogP contribution in [0.3, 0.4) is 0 Å². The standard InChI is InChI=1S/C28H30F3N5O5S/c1-42(39,40)18-7-8-19(20(13-18)17-5-3-2-4-6-17)24(28(29,30)31)41-23-14-22(34-26(32)35-23)36-11-9-27(10-12-36)15-21(25(37)38)33-16-27/h2-8,13-14,21,24,33H,9-12,15-16H2,1H3,(H,37,38)(H2,32,34,35)/t21?,24-/m1/s1. The third-order valence-corrected chi connectivity index (χ3v) is 8.98. The first-order valence-electron chi connectivity index (χ1n) is 13.2. The number of sulfone groups is 1. The molecular weight excluding hydrogens is 575 g/mol. The van der Waals surface area contributed by atoms with Crippen molar-refractivity contribution in [3.8, 4) is 17.0 Å². The van der Waals surface area contributed by atoms with Crippen LogP contribution in [0.4, 0.5) is 24.9 Å². The number of nitrogens with zero attached hydrogens (tertiary/aromatic N) is 3. The monoisotopic (exact) mass is 605 g/mol. The van der Waals surface area contributed by atoms with Crippen LogP contribution in [0.1, 0.15) is 30.9 Å². The molecular formula is C28H30F3N5O5S.